The maximum Gasteiger partial charge on any atom is 0.295 e. The number of benzene rings is 3. The summed E-state index contributed by atoms with van der Waals surface area (Å²) in [5, 5.41) is 17.2. The molecular formula is C21H15N5O4. The summed E-state index contributed by atoms with van der Waals surface area (Å²) in [4.78, 5) is 41.5. The smallest absolute Gasteiger partial charge is 0.295 e. The van der Waals surface area contributed by atoms with E-state index in [1.807, 2.05) is 6.07 Å². The van der Waals surface area contributed by atoms with Gasteiger partial charge in [-0.15, -0.1) is 0 Å². The minimum Gasteiger partial charge on any atom is -0.355 e. The van der Waals surface area contributed by atoms with Crippen LogP contribution in [0, 0.1) is 10.1 Å². The van der Waals surface area contributed by atoms with E-state index in [2.05, 4.69) is 20.6 Å². The first-order chi connectivity index (χ1) is 14.5. The lowest BCUT2D eigenvalue weighted by Gasteiger charge is -2.10. The number of carbonyl (C=O) groups excluding carboxylic acids is 1. The highest BCUT2D eigenvalue weighted by Gasteiger charge is 2.18. The van der Waals surface area contributed by atoms with Gasteiger partial charge in [0.2, 0.25) is 0 Å². The molecule has 0 aliphatic carbocycles. The van der Waals surface area contributed by atoms with Crippen molar-refractivity contribution in [3.8, 4) is 0 Å². The fourth-order valence-electron chi connectivity index (χ4n) is 3.01. The van der Waals surface area contributed by atoms with Gasteiger partial charge in [0.15, 0.2) is 5.52 Å². The average molecular weight is 401 g/mol. The van der Waals surface area contributed by atoms with Crippen LogP contribution in [0.25, 0.3) is 10.9 Å². The van der Waals surface area contributed by atoms with E-state index in [4.69, 9.17) is 0 Å². The Morgan fingerprint density at radius 3 is 2.37 bits per heavy atom. The number of hydrogen-bond donors (Lipinski definition) is 3. The summed E-state index contributed by atoms with van der Waals surface area (Å²) in [7, 11) is 0. The molecule has 0 fully saturated rings. The van der Waals surface area contributed by atoms with Crippen molar-refractivity contribution in [2.75, 3.05) is 10.6 Å². The standard InChI is InChI=1S/C21H15N5O4/c27-20(13-4-2-1-3-5-13)25-15-8-6-14(7-9-15)24-16-10-11-17(26(29)30)19-18(16)21(28)23-12-22-19/h1-12,24H,(H,25,27)(H,22,23,28). The van der Waals surface area contributed by atoms with Crippen LogP contribution in [0.2, 0.25) is 0 Å². The molecule has 0 spiro atoms. The van der Waals surface area contributed by atoms with E-state index in [1.165, 1.54) is 12.1 Å². The normalized spacial score (nSPS) is 10.5. The molecule has 1 aromatic heterocycles. The molecule has 0 saturated heterocycles. The van der Waals surface area contributed by atoms with Gasteiger partial charge >= 0.3 is 0 Å². The zero-order chi connectivity index (χ0) is 21.1. The number of rotatable bonds is 5. The van der Waals surface area contributed by atoms with E-state index in [0.29, 0.717) is 22.6 Å². The molecule has 0 unspecified atom stereocenters. The number of nitrogens with zero attached hydrogens (tertiary/aromatic N) is 2. The Bertz CT molecular complexity index is 1300. The number of aromatic amines is 1. The van der Waals surface area contributed by atoms with Crippen LogP contribution in [0.1, 0.15) is 10.4 Å². The van der Waals surface area contributed by atoms with Gasteiger partial charge < -0.3 is 15.6 Å². The van der Waals surface area contributed by atoms with Crippen molar-refractivity contribution in [1.29, 1.82) is 0 Å². The Hall–Kier alpha value is -4.53. The summed E-state index contributed by atoms with van der Waals surface area (Å²) in [5.74, 6) is -0.227. The Morgan fingerprint density at radius 1 is 0.967 bits per heavy atom. The third kappa shape index (κ3) is 3.72. The number of hydrogen-bond acceptors (Lipinski definition) is 6. The predicted molar refractivity (Wildman–Crippen MR) is 113 cm³/mol. The molecule has 1 heterocycles. The first-order valence-corrected chi connectivity index (χ1v) is 8.91. The summed E-state index contributed by atoms with van der Waals surface area (Å²) in [6, 6.07) is 18.5. The summed E-state index contributed by atoms with van der Waals surface area (Å²) in [6.45, 7) is 0. The molecule has 3 aromatic carbocycles. The molecule has 9 heteroatoms. The number of aromatic nitrogens is 2. The molecule has 30 heavy (non-hydrogen) atoms. The van der Waals surface area contributed by atoms with Crippen LogP contribution in [0.5, 0.6) is 0 Å². The van der Waals surface area contributed by atoms with Gasteiger partial charge in [0.1, 0.15) is 0 Å². The third-order valence-electron chi connectivity index (χ3n) is 4.43. The van der Waals surface area contributed by atoms with E-state index in [1.54, 1.807) is 48.5 Å². The second-order valence-electron chi connectivity index (χ2n) is 6.37. The van der Waals surface area contributed by atoms with Crippen LogP contribution in [0.15, 0.2) is 77.9 Å². The van der Waals surface area contributed by atoms with Gasteiger partial charge in [-0.3, -0.25) is 19.7 Å². The topological polar surface area (TPSA) is 130 Å². The molecule has 3 N–H and O–H groups in total. The highest BCUT2D eigenvalue weighted by atomic mass is 16.6. The zero-order valence-corrected chi connectivity index (χ0v) is 15.5. The van der Waals surface area contributed by atoms with Crippen LogP contribution in [-0.2, 0) is 0 Å². The number of carbonyl (C=O) groups is 1. The van der Waals surface area contributed by atoms with Gasteiger partial charge in [-0.2, -0.15) is 0 Å². The van der Waals surface area contributed by atoms with E-state index in [-0.39, 0.29) is 22.5 Å². The summed E-state index contributed by atoms with van der Waals surface area (Å²) in [5.41, 5.74) is 1.42. The highest BCUT2D eigenvalue weighted by molar-refractivity contribution is 6.04. The second kappa shape index (κ2) is 7.84. The van der Waals surface area contributed by atoms with Gasteiger partial charge in [0, 0.05) is 23.0 Å². The highest BCUT2D eigenvalue weighted by Crippen LogP contribution is 2.29. The molecular weight excluding hydrogens is 386 g/mol. The molecule has 4 rings (SSSR count). The number of nitro groups is 1. The van der Waals surface area contributed by atoms with Crippen molar-refractivity contribution in [3.63, 3.8) is 0 Å². The quantitative estimate of drug-likeness (QED) is 0.344. The van der Waals surface area contributed by atoms with Crippen molar-refractivity contribution in [3.05, 3.63) is 99.1 Å². The Balaban J connectivity index is 1.59. The van der Waals surface area contributed by atoms with Crippen molar-refractivity contribution in [1.82, 2.24) is 9.97 Å². The minimum atomic E-state index is -0.581. The van der Waals surface area contributed by atoms with E-state index < -0.39 is 10.5 Å². The van der Waals surface area contributed by atoms with Crippen LogP contribution in [0.3, 0.4) is 0 Å². The molecule has 0 aliphatic rings. The number of nitro benzene ring substituents is 1. The van der Waals surface area contributed by atoms with Crippen molar-refractivity contribution < 1.29 is 9.72 Å². The van der Waals surface area contributed by atoms with Crippen LogP contribution < -0.4 is 16.2 Å². The molecule has 4 aromatic rings. The van der Waals surface area contributed by atoms with Crippen molar-refractivity contribution in [2.45, 2.75) is 0 Å². The van der Waals surface area contributed by atoms with E-state index in [0.717, 1.165) is 6.33 Å². The molecule has 0 saturated carbocycles. The molecule has 9 nitrogen and oxygen atoms in total. The van der Waals surface area contributed by atoms with Gasteiger partial charge in [0.25, 0.3) is 17.2 Å². The summed E-state index contributed by atoms with van der Waals surface area (Å²) >= 11 is 0. The molecule has 148 valence electrons. The lowest BCUT2D eigenvalue weighted by molar-refractivity contribution is -0.383. The summed E-state index contributed by atoms with van der Waals surface area (Å²) in [6.07, 6.45) is 1.13. The first-order valence-electron chi connectivity index (χ1n) is 8.91. The number of nitrogens with one attached hydrogen (secondary N) is 3. The molecule has 1 amide bonds. The van der Waals surface area contributed by atoms with E-state index >= 15 is 0 Å². The minimum absolute atomic E-state index is 0.000458. The third-order valence-corrected chi connectivity index (χ3v) is 4.43. The van der Waals surface area contributed by atoms with Crippen molar-refractivity contribution >= 4 is 39.6 Å². The first kappa shape index (κ1) is 18.8. The van der Waals surface area contributed by atoms with E-state index in [9.17, 15) is 19.7 Å². The predicted octanol–water partition coefficient (Wildman–Crippen LogP) is 3.83. The fourth-order valence-corrected chi connectivity index (χ4v) is 3.01. The largest absolute Gasteiger partial charge is 0.355 e. The molecule has 0 aliphatic heterocycles. The van der Waals surface area contributed by atoms with Gasteiger partial charge in [-0.25, -0.2) is 4.98 Å². The molecule has 0 atom stereocenters. The molecule has 0 radical (unpaired) electrons. The number of anilines is 3. The van der Waals surface area contributed by atoms with Crippen molar-refractivity contribution in [2.24, 2.45) is 0 Å². The SMILES string of the molecule is O=C(Nc1ccc(Nc2ccc([N+](=O)[O-])c3nc[nH]c(=O)c23)cc1)c1ccccc1. The van der Waals surface area contributed by atoms with Gasteiger partial charge in [0.05, 0.1) is 22.3 Å². The zero-order valence-electron chi connectivity index (χ0n) is 15.5. The maximum atomic E-state index is 12.3. The Kier molecular flexibility index (Phi) is 4.92. The number of non-ortho nitro benzene ring substituents is 1. The number of H-pyrrole nitrogens is 1. The lowest BCUT2D eigenvalue weighted by atomic mass is 10.1. The lowest BCUT2D eigenvalue weighted by Crippen LogP contribution is -2.11. The molecule has 0 bridgehead atoms. The summed E-state index contributed by atoms with van der Waals surface area (Å²) < 4.78 is 0. The van der Waals surface area contributed by atoms with Crippen LogP contribution in [0.4, 0.5) is 22.7 Å². The van der Waals surface area contributed by atoms with Gasteiger partial charge in [-0.1, -0.05) is 18.2 Å². The van der Waals surface area contributed by atoms with Gasteiger partial charge in [-0.05, 0) is 42.5 Å². The Labute approximate surface area is 169 Å². The maximum absolute atomic E-state index is 12.3. The Morgan fingerprint density at radius 2 is 1.67 bits per heavy atom. The second-order valence-corrected chi connectivity index (χ2v) is 6.37. The fraction of sp³-hybridized carbons (Fsp3) is 0. The average Bonchev–Trinajstić information content (AvgIpc) is 2.75. The number of amides is 1. The van der Waals surface area contributed by atoms with Crippen LogP contribution >= 0.6 is 0 Å². The van der Waals surface area contributed by atoms with Crippen LogP contribution in [-0.4, -0.2) is 20.8 Å². The monoisotopic (exact) mass is 401 g/mol. The number of fused-ring (bicyclic) bond motifs is 1.